The van der Waals surface area contributed by atoms with Crippen molar-refractivity contribution in [1.82, 2.24) is 20.0 Å². The molecule has 0 saturated carbocycles. The second-order valence-electron chi connectivity index (χ2n) is 5.33. The first-order valence-electron chi connectivity index (χ1n) is 7.90. The van der Waals surface area contributed by atoms with E-state index in [4.69, 9.17) is 4.74 Å². The maximum Gasteiger partial charge on any atom is 0.328 e. The van der Waals surface area contributed by atoms with Crippen LogP contribution in [0.1, 0.15) is 38.3 Å². The summed E-state index contributed by atoms with van der Waals surface area (Å²) in [6, 6.07) is -0.338. The van der Waals surface area contributed by atoms with Gasteiger partial charge < -0.3 is 10.1 Å². The molecule has 1 atom stereocenters. The summed E-state index contributed by atoms with van der Waals surface area (Å²) in [6.07, 6.45) is 5.84. The molecule has 6 nitrogen and oxygen atoms in total. The van der Waals surface area contributed by atoms with Crippen LogP contribution in [0.15, 0.2) is 12.4 Å². The fourth-order valence-electron chi connectivity index (χ4n) is 2.71. The maximum atomic E-state index is 12.4. The average molecular weight is 294 g/mol. The molecule has 0 spiro atoms. The Kier molecular flexibility index (Phi) is 6.20. The molecule has 118 valence electrons. The molecule has 1 N–H and O–H groups in total. The third kappa shape index (κ3) is 4.28. The standard InChI is InChI=1S/C15H26N4O2/c1-3-8-19-12-13(11-17-19)14(15(20)21-4-2)18-9-5-6-16-7-10-18/h11-12,14,16H,3-10H2,1-2H3. The normalized spacial score (nSPS) is 18.2. The number of nitrogens with one attached hydrogen (secondary N) is 1. The molecule has 2 heterocycles. The average Bonchev–Trinajstić information content (AvgIpc) is 2.75. The van der Waals surface area contributed by atoms with Crippen LogP contribution in [0.25, 0.3) is 0 Å². The number of rotatable bonds is 6. The Morgan fingerprint density at radius 2 is 2.29 bits per heavy atom. The molecule has 2 rings (SSSR count). The van der Waals surface area contributed by atoms with Crippen molar-refractivity contribution in [1.29, 1.82) is 0 Å². The van der Waals surface area contributed by atoms with E-state index in [1.165, 1.54) is 0 Å². The summed E-state index contributed by atoms with van der Waals surface area (Å²) in [5.41, 5.74) is 0.934. The lowest BCUT2D eigenvalue weighted by Crippen LogP contribution is -2.37. The third-order valence-corrected chi connectivity index (χ3v) is 3.67. The topological polar surface area (TPSA) is 59.4 Å². The quantitative estimate of drug-likeness (QED) is 0.799. The lowest BCUT2D eigenvalue weighted by molar-refractivity contribution is -0.149. The number of ether oxygens (including phenoxy) is 1. The Labute approximate surface area is 126 Å². The Morgan fingerprint density at radius 3 is 3.05 bits per heavy atom. The second kappa shape index (κ2) is 8.14. The van der Waals surface area contributed by atoms with Crippen LogP contribution in [-0.4, -0.2) is 53.4 Å². The van der Waals surface area contributed by atoms with E-state index in [2.05, 4.69) is 22.2 Å². The van der Waals surface area contributed by atoms with Crippen molar-refractivity contribution in [3.05, 3.63) is 18.0 Å². The van der Waals surface area contributed by atoms with Gasteiger partial charge in [-0.05, 0) is 26.3 Å². The van der Waals surface area contributed by atoms with E-state index in [1.54, 1.807) is 6.20 Å². The number of esters is 1. The lowest BCUT2D eigenvalue weighted by Gasteiger charge is -2.27. The molecule has 1 aromatic rings. The zero-order valence-corrected chi connectivity index (χ0v) is 13.0. The van der Waals surface area contributed by atoms with Crippen molar-refractivity contribution in [3.63, 3.8) is 0 Å². The Morgan fingerprint density at radius 1 is 1.43 bits per heavy atom. The van der Waals surface area contributed by atoms with E-state index >= 15 is 0 Å². The van der Waals surface area contributed by atoms with E-state index in [0.717, 1.165) is 51.1 Å². The van der Waals surface area contributed by atoms with Gasteiger partial charge >= 0.3 is 5.97 Å². The number of carbonyl (C=O) groups excluding carboxylic acids is 1. The van der Waals surface area contributed by atoms with E-state index in [0.29, 0.717) is 6.61 Å². The van der Waals surface area contributed by atoms with Gasteiger partial charge in [-0.3, -0.25) is 9.58 Å². The summed E-state index contributed by atoms with van der Waals surface area (Å²) in [5.74, 6) is -0.171. The first-order chi connectivity index (χ1) is 10.3. The molecular formula is C15H26N4O2. The number of carbonyl (C=O) groups is 1. The van der Waals surface area contributed by atoms with Crippen LogP contribution in [-0.2, 0) is 16.1 Å². The summed E-state index contributed by atoms with van der Waals surface area (Å²) in [7, 11) is 0. The van der Waals surface area contributed by atoms with Crippen LogP contribution in [0.3, 0.4) is 0 Å². The zero-order chi connectivity index (χ0) is 15.1. The molecule has 0 aromatic carbocycles. The van der Waals surface area contributed by atoms with Gasteiger partial charge in [-0.1, -0.05) is 6.92 Å². The first kappa shape index (κ1) is 16.0. The Balaban J connectivity index is 2.18. The van der Waals surface area contributed by atoms with Crippen molar-refractivity contribution in [2.45, 2.75) is 39.3 Å². The number of aryl methyl sites for hydroxylation is 1. The maximum absolute atomic E-state index is 12.4. The predicted molar refractivity (Wildman–Crippen MR) is 81.0 cm³/mol. The molecular weight excluding hydrogens is 268 g/mol. The molecule has 1 saturated heterocycles. The van der Waals surface area contributed by atoms with Crippen LogP contribution in [0.5, 0.6) is 0 Å². The molecule has 21 heavy (non-hydrogen) atoms. The number of nitrogens with zero attached hydrogens (tertiary/aromatic N) is 3. The smallest absolute Gasteiger partial charge is 0.328 e. The van der Waals surface area contributed by atoms with Gasteiger partial charge in [0.25, 0.3) is 0 Å². The fourth-order valence-corrected chi connectivity index (χ4v) is 2.71. The number of hydrogen-bond acceptors (Lipinski definition) is 5. The Bertz CT molecular complexity index is 439. The van der Waals surface area contributed by atoms with Gasteiger partial charge in [0, 0.05) is 37.9 Å². The highest BCUT2D eigenvalue weighted by atomic mass is 16.5. The molecule has 1 fully saturated rings. The lowest BCUT2D eigenvalue weighted by atomic mass is 10.1. The van der Waals surface area contributed by atoms with Crippen LogP contribution < -0.4 is 5.32 Å². The van der Waals surface area contributed by atoms with Crippen LogP contribution in [0.4, 0.5) is 0 Å². The molecule has 6 heteroatoms. The highest BCUT2D eigenvalue weighted by molar-refractivity contribution is 5.77. The van der Waals surface area contributed by atoms with Crippen molar-refractivity contribution < 1.29 is 9.53 Å². The minimum absolute atomic E-state index is 0.171. The van der Waals surface area contributed by atoms with Crippen LogP contribution >= 0.6 is 0 Å². The SMILES string of the molecule is CCCn1cc(C(C(=O)OCC)N2CCCNCC2)cn1. The highest BCUT2D eigenvalue weighted by Gasteiger charge is 2.30. The minimum Gasteiger partial charge on any atom is -0.465 e. The molecule has 1 aliphatic heterocycles. The van der Waals surface area contributed by atoms with E-state index < -0.39 is 0 Å². The summed E-state index contributed by atoms with van der Waals surface area (Å²) >= 11 is 0. The number of aromatic nitrogens is 2. The van der Waals surface area contributed by atoms with Gasteiger partial charge in [0.1, 0.15) is 6.04 Å². The van der Waals surface area contributed by atoms with Crippen molar-refractivity contribution in [2.75, 3.05) is 32.8 Å². The summed E-state index contributed by atoms with van der Waals surface area (Å²) in [5, 5.41) is 7.72. The van der Waals surface area contributed by atoms with Gasteiger partial charge in [-0.25, -0.2) is 4.79 Å². The van der Waals surface area contributed by atoms with Crippen molar-refractivity contribution in [2.24, 2.45) is 0 Å². The molecule has 1 aromatic heterocycles. The Hall–Kier alpha value is -1.40. The van der Waals surface area contributed by atoms with Gasteiger partial charge in [-0.15, -0.1) is 0 Å². The van der Waals surface area contributed by atoms with E-state index in [9.17, 15) is 4.79 Å². The molecule has 0 bridgehead atoms. The fraction of sp³-hybridized carbons (Fsp3) is 0.733. The van der Waals surface area contributed by atoms with Crippen molar-refractivity contribution in [3.8, 4) is 0 Å². The van der Waals surface area contributed by atoms with E-state index in [1.807, 2.05) is 17.8 Å². The highest BCUT2D eigenvalue weighted by Crippen LogP contribution is 2.23. The molecule has 1 aliphatic rings. The van der Waals surface area contributed by atoms with Gasteiger partial charge in [0.05, 0.1) is 12.8 Å². The summed E-state index contributed by atoms with van der Waals surface area (Å²) < 4.78 is 7.18. The third-order valence-electron chi connectivity index (χ3n) is 3.67. The van der Waals surface area contributed by atoms with E-state index in [-0.39, 0.29) is 12.0 Å². The number of hydrogen-bond donors (Lipinski definition) is 1. The van der Waals surface area contributed by atoms with Gasteiger partial charge in [-0.2, -0.15) is 5.10 Å². The monoisotopic (exact) mass is 294 g/mol. The van der Waals surface area contributed by atoms with Crippen LogP contribution in [0, 0.1) is 0 Å². The first-order valence-corrected chi connectivity index (χ1v) is 7.90. The van der Waals surface area contributed by atoms with Gasteiger partial charge in [0.2, 0.25) is 0 Å². The summed E-state index contributed by atoms with van der Waals surface area (Å²) in [6.45, 7) is 8.89. The summed E-state index contributed by atoms with van der Waals surface area (Å²) in [4.78, 5) is 14.6. The van der Waals surface area contributed by atoms with Gasteiger partial charge in [0.15, 0.2) is 0 Å². The second-order valence-corrected chi connectivity index (χ2v) is 5.33. The molecule has 1 unspecified atom stereocenters. The molecule has 0 radical (unpaired) electrons. The largest absolute Gasteiger partial charge is 0.465 e. The predicted octanol–water partition coefficient (Wildman–Crippen LogP) is 1.19. The zero-order valence-electron chi connectivity index (χ0n) is 13.0. The molecule has 0 amide bonds. The van der Waals surface area contributed by atoms with Crippen molar-refractivity contribution >= 4 is 5.97 Å². The van der Waals surface area contributed by atoms with Crippen LogP contribution in [0.2, 0.25) is 0 Å². The molecule has 0 aliphatic carbocycles. The minimum atomic E-state index is -0.338.